The lowest BCUT2D eigenvalue weighted by atomic mass is 9.96. The summed E-state index contributed by atoms with van der Waals surface area (Å²) in [4.78, 5) is 17.7. The minimum atomic E-state index is -4.02. The Kier molecular flexibility index (Phi) is 8.21. The Morgan fingerprint density at radius 1 is 0.979 bits per heavy atom. The minimum Gasteiger partial charge on any atom is -0.496 e. The van der Waals surface area contributed by atoms with Crippen LogP contribution in [-0.2, 0) is 10.0 Å². The number of aromatic nitrogens is 1. The lowest BCUT2D eigenvalue weighted by Gasteiger charge is -2.30. The predicted molar refractivity (Wildman–Crippen MR) is 178 cm³/mol. The van der Waals surface area contributed by atoms with Crippen molar-refractivity contribution in [3.05, 3.63) is 90.0 Å². The number of rotatable bonds is 9. The molecule has 0 aliphatic heterocycles. The van der Waals surface area contributed by atoms with Crippen LogP contribution in [0.4, 0.5) is 14.5 Å². The van der Waals surface area contributed by atoms with Gasteiger partial charge in [-0.25, -0.2) is 22.2 Å². The molecule has 248 valence electrons. The van der Waals surface area contributed by atoms with Crippen molar-refractivity contribution in [2.75, 3.05) is 31.3 Å². The second kappa shape index (κ2) is 12.1. The average molecular weight is 676 g/mol. The largest absolute Gasteiger partial charge is 0.496 e. The highest BCUT2D eigenvalue weighted by Crippen LogP contribution is 2.44. The van der Waals surface area contributed by atoms with Crippen LogP contribution in [-0.4, -0.2) is 57.0 Å². The molecule has 0 bridgehead atoms. The molecule has 0 saturated heterocycles. The number of furan rings is 1. The van der Waals surface area contributed by atoms with E-state index in [1.54, 1.807) is 30.3 Å². The molecule has 48 heavy (non-hydrogen) atoms. The predicted octanol–water partition coefficient (Wildman–Crippen LogP) is 6.76. The number of para-hydroxylation sites is 1. The lowest BCUT2D eigenvalue weighted by Crippen LogP contribution is -2.42. The summed E-state index contributed by atoms with van der Waals surface area (Å²) >= 11 is 0. The van der Waals surface area contributed by atoms with Crippen molar-refractivity contribution in [3.8, 4) is 39.7 Å². The first-order valence-electron chi connectivity index (χ1n) is 14.7. The van der Waals surface area contributed by atoms with Crippen LogP contribution < -0.4 is 14.4 Å². The van der Waals surface area contributed by atoms with Crippen LogP contribution in [0.15, 0.2) is 81.6 Å². The van der Waals surface area contributed by atoms with Gasteiger partial charge in [0, 0.05) is 29.6 Å². The van der Waals surface area contributed by atoms with Crippen molar-refractivity contribution in [1.82, 2.24) is 10.3 Å². The summed E-state index contributed by atoms with van der Waals surface area (Å²) in [6.45, 7) is 2.63. The number of ether oxygens (including phenoxy) is 1. The van der Waals surface area contributed by atoms with Gasteiger partial charge in [-0.05, 0) is 74.0 Å². The Morgan fingerprint density at radius 3 is 2.31 bits per heavy atom. The van der Waals surface area contributed by atoms with Crippen molar-refractivity contribution in [2.45, 2.75) is 19.4 Å². The van der Waals surface area contributed by atoms with Crippen LogP contribution in [0.2, 0.25) is 0 Å². The van der Waals surface area contributed by atoms with Gasteiger partial charge < -0.3 is 24.0 Å². The van der Waals surface area contributed by atoms with Gasteiger partial charge in [-0.3, -0.25) is 9.10 Å². The van der Waals surface area contributed by atoms with Gasteiger partial charge in [-0.1, -0.05) is 12.1 Å². The summed E-state index contributed by atoms with van der Waals surface area (Å²) in [5.41, 5.74) is 0.765. The fourth-order valence-corrected chi connectivity index (χ4v) is 6.59. The maximum absolute atomic E-state index is 14.6. The summed E-state index contributed by atoms with van der Waals surface area (Å²) in [5.74, 6) is -0.997. The highest BCUT2D eigenvalue weighted by molar-refractivity contribution is 7.92. The molecule has 0 fully saturated rings. The van der Waals surface area contributed by atoms with E-state index in [4.69, 9.17) is 13.6 Å². The maximum atomic E-state index is 14.6. The number of hydrogen-bond acceptors (Lipinski definition) is 8. The lowest BCUT2D eigenvalue weighted by molar-refractivity contribution is 0.0909. The fourth-order valence-electron chi connectivity index (χ4n) is 5.53. The summed E-state index contributed by atoms with van der Waals surface area (Å²) in [6, 6.07) is 17.8. The van der Waals surface area contributed by atoms with E-state index in [0.717, 1.165) is 10.6 Å². The van der Waals surface area contributed by atoms with Gasteiger partial charge in [-0.2, -0.15) is 0 Å². The van der Waals surface area contributed by atoms with Gasteiger partial charge in [-0.15, -0.1) is 0 Å². The van der Waals surface area contributed by atoms with Gasteiger partial charge >= 0.3 is 0 Å². The van der Waals surface area contributed by atoms with Crippen LogP contribution in [0.5, 0.6) is 5.75 Å². The molecule has 2 heterocycles. The average Bonchev–Trinajstić information content (AvgIpc) is 3.64. The normalized spacial score (nSPS) is 12.1. The quantitative estimate of drug-likeness (QED) is 0.172. The monoisotopic (exact) mass is 675 g/mol. The number of hydrogen-bond donors (Lipinski definition) is 2. The number of halogens is 2. The van der Waals surface area contributed by atoms with E-state index in [9.17, 15) is 27.1 Å². The number of fused-ring (bicyclic) bond motifs is 2. The molecule has 13 heteroatoms. The summed E-state index contributed by atoms with van der Waals surface area (Å²) in [5, 5.41) is 13.7. The van der Waals surface area contributed by atoms with E-state index >= 15 is 0 Å². The highest BCUT2D eigenvalue weighted by atomic mass is 32.2. The maximum Gasteiger partial charge on any atom is 0.255 e. The highest BCUT2D eigenvalue weighted by Gasteiger charge is 2.31. The standard InChI is InChI=1S/C35H31F2N3O7S/c1-35(2,42)18-40(48(5,43)44)26-17-29-23(30(33(41)38-3)32(46-29)19-9-12-21(36)13-10-19)16-22(26)20-11-14-27(45-4)24(15-20)34-39-31-25(37)7-6-8-28(31)47-34/h6-17,42H,18H2,1-5H3,(H,38,41). The zero-order valence-electron chi connectivity index (χ0n) is 26.6. The van der Waals surface area contributed by atoms with E-state index in [1.807, 2.05) is 0 Å². The van der Waals surface area contributed by atoms with E-state index in [2.05, 4.69) is 10.3 Å². The first-order chi connectivity index (χ1) is 22.7. The molecule has 2 aromatic heterocycles. The smallest absolute Gasteiger partial charge is 0.255 e. The van der Waals surface area contributed by atoms with Crippen LogP contribution in [0.3, 0.4) is 0 Å². The van der Waals surface area contributed by atoms with Gasteiger partial charge in [0.05, 0.1) is 42.3 Å². The molecule has 1 amide bonds. The fraction of sp³-hybridized carbons (Fsp3) is 0.200. The number of nitrogens with zero attached hydrogens (tertiary/aromatic N) is 2. The van der Waals surface area contributed by atoms with Crippen molar-refractivity contribution in [3.63, 3.8) is 0 Å². The Morgan fingerprint density at radius 2 is 1.69 bits per heavy atom. The number of carbonyl (C=O) groups excluding carboxylic acids is 1. The Hall–Kier alpha value is -5.27. The third-order valence-corrected chi connectivity index (χ3v) is 8.80. The molecule has 6 rings (SSSR count). The molecular formula is C35H31F2N3O7S. The Bertz CT molecular complexity index is 2310. The van der Waals surface area contributed by atoms with Crippen molar-refractivity contribution < 1.29 is 40.7 Å². The molecule has 0 spiro atoms. The molecule has 2 N–H and O–H groups in total. The second-order valence-corrected chi connectivity index (χ2v) is 13.8. The van der Waals surface area contributed by atoms with Gasteiger partial charge in [0.1, 0.15) is 28.4 Å². The summed E-state index contributed by atoms with van der Waals surface area (Å²) in [7, 11) is -1.11. The first-order valence-corrected chi connectivity index (χ1v) is 16.6. The molecular weight excluding hydrogens is 644 g/mol. The number of anilines is 1. The zero-order valence-corrected chi connectivity index (χ0v) is 27.4. The van der Waals surface area contributed by atoms with Crippen LogP contribution in [0, 0.1) is 11.6 Å². The third kappa shape index (κ3) is 6.09. The van der Waals surface area contributed by atoms with Gasteiger partial charge in [0.25, 0.3) is 5.91 Å². The van der Waals surface area contributed by atoms with E-state index in [0.29, 0.717) is 33.4 Å². The summed E-state index contributed by atoms with van der Waals surface area (Å²) < 4.78 is 73.8. The zero-order chi connectivity index (χ0) is 34.5. The van der Waals surface area contributed by atoms with E-state index < -0.39 is 33.2 Å². The van der Waals surface area contributed by atoms with Crippen LogP contribution >= 0.6 is 0 Å². The van der Waals surface area contributed by atoms with E-state index in [-0.39, 0.29) is 46.1 Å². The van der Waals surface area contributed by atoms with Crippen LogP contribution in [0.25, 0.3) is 56.0 Å². The van der Waals surface area contributed by atoms with Gasteiger partial charge in [0.15, 0.2) is 11.4 Å². The minimum absolute atomic E-state index is 0.0254. The number of methoxy groups -OCH3 is 1. The molecule has 0 atom stereocenters. The number of carbonyl (C=O) groups is 1. The van der Waals surface area contributed by atoms with Crippen molar-refractivity contribution >= 4 is 43.7 Å². The number of amides is 1. The summed E-state index contributed by atoms with van der Waals surface area (Å²) in [6.07, 6.45) is 1.01. The number of aliphatic hydroxyl groups is 1. The molecule has 0 radical (unpaired) electrons. The number of nitrogens with one attached hydrogen (secondary N) is 1. The molecule has 0 unspecified atom stereocenters. The number of sulfonamides is 1. The van der Waals surface area contributed by atoms with Gasteiger partial charge in [0.2, 0.25) is 15.9 Å². The molecule has 0 saturated carbocycles. The molecule has 10 nitrogen and oxygen atoms in total. The van der Waals surface area contributed by atoms with Crippen molar-refractivity contribution in [2.24, 2.45) is 0 Å². The SMILES string of the molecule is CNC(=O)c1c(-c2ccc(F)cc2)oc2cc(N(CC(C)(C)O)S(C)(=O)=O)c(-c3ccc(OC)c(-c4nc5c(F)cccc5o4)c3)cc12. The molecule has 0 aliphatic carbocycles. The molecule has 0 aliphatic rings. The third-order valence-electron chi connectivity index (χ3n) is 7.68. The topological polar surface area (TPSA) is 135 Å². The van der Waals surface area contributed by atoms with E-state index in [1.165, 1.54) is 70.5 Å². The Labute approximate surface area is 274 Å². The Balaban J connectivity index is 1.68. The second-order valence-electron chi connectivity index (χ2n) is 11.9. The number of benzene rings is 4. The van der Waals surface area contributed by atoms with Crippen LogP contribution in [0.1, 0.15) is 24.2 Å². The number of oxazole rings is 1. The molecule has 6 aromatic rings. The molecule has 4 aromatic carbocycles. The first kappa shape index (κ1) is 32.7. The van der Waals surface area contributed by atoms with Crippen molar-refractivity contribution in [1.29, 1.82) is 0 Å².